The minimum Gasteiger partial charge on any atom is -0.376 e. The maximum atomic E-state index is 12.4. The van der Waals surface area contributed by atoms with Gasteiger partial charge in [-0.05, 0) is 44.5 Å². The lowest BCUT2D eigenvalue weighted by molar-refractivity contribution is -0.120. The van der Waals surface area contributed by atoms with E-state index in [-0.39, 0.29) is 24.4 Å². The molecule has 26 heavy (non-hydrogen) atoms. The molecule has 0 saturated heterocycles. The van der Waals surface area contributed by atoms with E-state index < -0.39 is 0 Å². The van der Waals surface area contributed by atoms with Crippen molar-refractivity contribution in [3.63, 3.8) is 0 Å². The molecule has 0 bridgehead atoms. The zero-order chi connectivity index (χ0) is 18.9. The number of amides is 2. The van der Waals surface area contributed by atoms with Crippen LogP contribution in [0.15, 0.2) is 54.6 Å². The maximum Gasteiger partial charge on any atom is 0.253 e. The van der Waals surface area contributed by atoms with Crippen molar-refractivity contribution in [2.45, 2.75) is 26.8 Å². The second-order valence-electron chi connectivity index (χ2n) is 6.11. The molecule has 0 aromatic heterocycles. The summed E-state index contributed by atoms with van der Waals surface area (Å²) in [5.74, 6) is -0.0948. The van der Waals surface area contributed by atoms with Crippen LogP contribution in [0.4, 0.5) is 5.69 Å². The highest BCUT2D eigenvalue weighted by molar-refractivity contribution is 5.95. The van der Waals surface area contributed by atoms with E-state index in [1.54, 1.807) is 17.0 Å². The number of hydrogen-bond acceptors (Lipinski definition) is 3. The third-order valence-electron chi connectivity index (χ3n) is 4.29. The molecular weight excluding hydrogens is 326 g/mol. The van der Waals surface area contributed by atoms with Crippen molar-refractivity contribution in [2.24, 2.45) is 0 Å². The molecular formula is C21H27N3O2. The van der Waals surface area contributed by atoms with Crippen molar-refractivity contribution in [1.82, 2.24) is 10.2 Å². The fraction of sp³-hybridized carbons (Fsp3) is 0.333. The summed E-state index contributed by atoms with van der Waals surface area (Å²) in [5, 5.41) is 6.05. The quantitative estimate of drug-likeness (QED) is 0.764. The number of hydrogen-bond donors (Lipinski definition) is 2. The topological polar surface area (TPSA) is 61.4 Å². The van der Waals surface area contributed by atoms with E-state index in [1.165, 1.54) is 0 Å². The van der Waals surface area contributed by atoms with Gasteiger partial charge in [0, 0.05) is 24.3 Å². The monoisotopic (exact) mass is 353 g/mol. The van der Waals surface area contributed by atoms with Crippen molar-refractivity contribution in [2.75, 3.05) is 25.0 Å². The summed E-state index contributed by atoms with van der Waals surface area (Å²) in [5.41, 5.74) is 2.44. The molecule has 2 aromatic carbocycles. The van der Waals surface area contributed by atoms with E-state index in [2.05, 4.69) is 10.6 Å². The van der Waals surface area contributed by atoms with Crippen LogP contribution in [0.3, 0.4) is 0 Å². The van der Waals surface area contributed by atoms with Crippen LogP contribution in [-0.2, 0) is 4.79 Å². The van der Waals surface area contributed by atoms with Gasteiger partial charge >= 0.3 is 0 Å². The molecule has 2 aromatic rings. The van der Waals surface area contributed by atoms with Crippen LogP contribution in [0.1, 0.15) is 42.7 Å². The number of rotatable bonds is 8. The van der Waals surface area contributed by atoms with Gasteiger partial charge in [-0.1, -0.05) is 36.4 Å². The molecule has 2 N–H and O–H groups in total. The number of carbonyl (C=O) groups is 2. The highest BCUT2D eigenvalue weighted by Crippen LogP contribution is 2.13. The van der Waals surface area contributed by atoms with Gasteiger partial charge in [-0.3, -0.25) is 9.59 Å². The third-order valence-corrected chi connectivity index (χ3v) is 4.29. The zero-order valence-electron chi connectivity index (χ0n) is 15.7. The molecule has 0 radical (unpaired) electrons. The first kappa shape index (κ1) is 19.5. The van der Waals surface area contributed by atoms with Crippen LogP contribution in [0.5, 0.6) is 0 Å². The van der Waals surface area contributed by atoms with E-state index in [9.17, 15) is 9.59 Å². The minimum absolute atomic E-state index is 0.000742. The lowest BCUT2D eigenvalue weighted by Gasteiger charge is -2.19. The fourth-order valence-electron chi connectivity index (χ4n) is 2.76. The molecule has 0 aliphatic rings. The fourth-order valence-corrected chi connectivity index (χ4v) is 2.76. The Morgan fingerprint density at radius 2 is 1.69 bits per heavy atom. The highest BCUT2D eigenvalue weighted by Gasteiger charge is 2.13. The Labute approximate surface area is 155 Å². The number of nitrogens with one attached hydrogen (secondary N) is 2. The molecule has 2 rings (SSSR count). The van der Waals surface area contributed by atoms with Crippen molar-refractivity contribution in [1.29, 1.82) is 0 Å². The smallest absolute Gasteiger partial charge is 0.253 e. The maximum absolute atomic E-state index is 12.4. The summed E-state index contributed by atoms with van der Waals surface area (Å²) in [6, 6.07) is 17.0. The van der Waals surface area contributed by atoms with Crippen molar-refractivity contribution >= 4 is 17.5 Å². The first-order valence-electron chi connectivity index (χ1n) is 9.02. The first-order valence-corrected chi connectivity index (χ1v) is 9.02. The van der Waals surface area contributed by atoms with E-state index in [0.29, 0.717) is 18.7 Å². The van der Waals surface area contributed by atoms with Crippen LogP contribution in [0, 0.1) is 0 Å². The molecule has 1 unspecified atom stereocenters. The second-order valence-corrected chi connectivity index (χ2v) is 6.11. The molecule has 0 heterocycles. The number of benzene rings is 2. The number of carbonyl (C=O) groups excluding carboxylic acids is 2. The van der Waals surface area contributed by atoms with Gasteiger partial charge in [-0.25, -0.2) is 0 Å². The van der Waals surface area contributed by atoms with Gasteiger partial charge in [0.15, 0.2) is 0 Å². The molecule has 5 nitrogen and oxygen atoms in total. The third kappa shape index (κ3) is 5.34. The van der Waals surface area contributed by atoms with Gasteiger partial charge in [0.25, 0.3) is 5.91 Å². The molecule has 0 spiro atoms. The standard InChI is InChI=1S/C21H27N3O2/c1-4-24(5-2)21(26)18-12-9-13-19(14-18)22-15-20(25)23-16(3)17-10-7-6-8-11-17/h6-14,16,22H,4-5,15H2,1-3H3,(H,23,25). The first-order chi connectivity index (χ1) is 12.5. The summed E-state index contributed by atoms with van der Waals surface area (Å²) >= 11 is 0. The number of nitrogens with zero attached hydrogens (tertiary/aromatic N) is 1. The van der Waals surface area contributed by atoms with Gasteiger partial charge in [-0.2, -0.15) is 0 Å². The minimum atomic E-state index is -0.0955. The van der Waals surface area contributed by atoms with Gasteiger partial charge in [0.05, 0.1) is 12.6 Å². The Morgan fingerprint density at radius 3 is 2.35 bits per heavy atom. The van der Waals surface area contributed by atoms with Crippen LogP contribution in [-0.4, -0.2) is 36.3 Å². The number of anilines is 1. The molecule has 0 aliphatic carbocycles. The van der Waals surface area contributed by atoms with Gasteiger partial charge in [0.2, 0.25) is 5.91 Å². The SMILES string of the molecule is CCN(CC)C(=O)c1cccc(NCC(=O)NC(C)c2ccccc2)c1. The van der Waals surface area contributed by atoms with Crippen LogP contribution < -0.4 is 10.6 Å². The van der Waals surface area contributed by atoms with Crippen molar-refractivity contribution in [3.8, 4) is 0 Å². The average Bonchev–Trinajstić information content (AvgIpc) is 2.68. The van der Waals surface area contributed by atoms with E-state index in [4.69, 9.17) is 0 Å². The Hall–Kier alpha value is -2.82. The van der Waals surface area contributed by atoms with Gasteiger partial charge in [-0.15, -0.1) is 0 Å². The van der Waals surface area contributed by atoms with E-state index in [1.807, 2.05) is 63.2 Å². The second kappa shape index (κ2) is 9.61. The highest BCUT2D eigenvalue weighted by atomic mass is 16.2. The molecule has 2 amide bonds. The van der Waals surface area contributed by atoms with Gasteiger partial charge < -0.3 is 15.5 Å². The Kier molecular flexibility index (Phi) is 7.21. The Bertz CT molecular complexity index is 727. The molecule has 5 heteroatoms. The molecule has 1 atom stereocenters. The largest absolute Gasteiger partial charge is 0.376 e. The Morgan fingerprint density at radius 1 is 1.00 bits per heavy atom. The lowest BCUT2D eigenvalue weighted by atomic mass is 10.1. The summed E-state index contributed by atoms with van der Waals surface area (Å²) in [6.45, 7) is 7.37. The van der Waals surface area contributed by atoms with Crippen molar-refractivity contribution < 1.29 is 9.59 Å². The lowest BCUT2D eigenvalue weighted by Crippen LogP contribution is -2.32. The predicted octanol–water partition coefficient (Wildman–Crippen LogP) is 3.46. The summed E-state index contributed by atoms with van der Waals surface area (Å²) < 4.78 is 0. The van der Waals surface area contributed by atoms with Gasteiger partial charge in [0.1, 0.15) is 0 Å². The normalized spacial score (nSPS) is 11.5. The summed E-state index contributed by atoms with van der Waals surface area (Å²) in [7, 11) is 0. The van der Waals surface area contributed by atoms with Crippen LogP contribution >= 0.6 is 0 Å². The van der Waals surface area contributed by atoms with E-state index in [0.717, 1.165) is 11.3 Å². The molecule has 138 valence electrons. The van der Waals surface area contributed by atoms with E-state index >= 15 is 0 Å². The van der Waals surface area contributed by atoms with Crippen LogP contribution in [0.25, 0.3) is 0 Å². The van der Waals surface area contributed by atoms with Crippen LogP contribution in [0.2, 0.25) is 0 Å². The predicted molar refractivity (Wildman–Crippen MR) is 105 cm³/mol. The zero-order valence-corrected chi connectivity index (χ0v) is 15.7. The molecule has 0 aliphatic heterocycles. The van der Waals surface area contributed by atoms with Crippen molar-refractivity contribution in [3.05, 3.63) is 65.7 Å². The molecule has 0 fully saturated rings. The Balaban J connectivity index is 1.92. The summed E-state index contributed by atoms with van der Waals surface area (Å²) in [4.78, 5) is 26.4. The molecule has 0 saturated carbocycles. The summed E-state index contributed by atoms with van der Waals surface area (Å²) in [6.07, 6.45) is 0. The average molecular weight is 353 g/mol.